The van der Waals surface area contributed by atoms with Gasteiger partial charge in [-0.15, -0.1) is 24.0 Å². The number of hydrogen-bond donors (Lipinski definition) is 3. The first-order chi connectivity index (χ1) is 12.0. The van der Waals surface area contributed by atoms with E-state index < -0.39 is 10.0 Å². The van der Waals surface area contributed by atoms with Gasteiger partial charge in [0.15, 0.2) is 5.96 Å². The van der Waals surface area contributed by atoms with Crippen LogP contribution in [0.25, 0.3) is 0 Å². The Morgan fingerprint density at radius 1 is 1.15 bits per heavy atom. The molecule has 1 rings (SSSR count). The van der Waals surface area contributed by atoms with E-state index in [1.807, 2.05) is 6.92 Å². The lowest BCUT2D eigenvalue weighted by atomic mass is 9.83. The van der Waals surface area contributed by atoms with E-state index in [9.17, 15) is 8.42 Å². The first-order valence-corrected chi connectivity index (χ1v) is 11.1. The Labute approximate surface area is 176 Å². The van der Waals surface area contributed by atoms with Crippen LogP contribution in [0.15, 0.2) is 4.99 Å². The van der Waals surface area contributed by atoms with Crippen LogP contribution in [0.3, 0.4) is 0 Å². The lowest BCUT2D eigenvalue weighted by Crippen LogP contribution is -2.44. The lowest BCUT2D eigenvalue weighted by molar-refractivity contribution is 0.105. The van der Waals surface area contributed by atoms with Gasteiger partial charge in [-0.3, -0.25) is 4.99 Å². The van der Waals surface area contributed by atoms with Crippen molar-refractivity contribution in [1.82, 2.24) is 15.4 Å². The molecule has 0 aromatic carbocycles. The van der Waals surface area contributed by atoms with Crippen molar-refractivity contribution >= 4 is 40.0 Å². The zero-order valence-electron chi connectivity index (χ0n) is 16.5. The summed E-state index contributed by atoms with van der Waals surface area (Å²) < 4.78 is 30.9. The van der Waals surface area contributed by atoms with Crippen LogP contribution in [0.5, 0.6) is 0 Å². The first-order valence-electron chi connectivity index (χ1n) is 9.46. The molecule has 0 aromatic heterocycles. The quantitative estimate of drug-likeness (QED) is 0.164. The third-order valence-corrected chi connectivity index (χ3v) is 6.25. The van der Waals surface area contributed by atoms with Gasteiger partial charge >= 0.3 is 0 Å². The molecule has 0 bridgehead atoms. The summed E-state index contributed by atoms with van der Waals surface area (Å²) >= 11 is 0. The van der Waals surface area contributed by atoms with Crippen molar-refractivity contribution in [3.05, 3.63) is 0 Å². The highest BCUT2D eigenvalue weighted by molar-refractivity contribution is 14.0. The number of nitrogens with one attached hydrogen (secondary N) is 3. The van der Waals surface area contributed by atoms with Crippen LogP contribution in [0.4, 0.5) is 0 Å². The molecule has 0 heterocycles. The molecule has 1 fully saturated rings. The summed E-state index contributed by atoms with van der Waals surface area (Å²) in [5.41, 5.74) is 0.309. The molecule has 7 nitrogen and oxygen atoms in total. The maximum Gasteiger partial charge on any atom is 0.211 e. The van der Waals surface area contributed by atoms with Crippen molar-refractivity contribution in [1.29, 1.82) is 0 Å². The second kappa shape index (κ2) is 14.0. The Hall–Kier alpha value is -0.130. The molecule has 156 valence electrons. The van der Waals surface area contributed by atoms with Crippen LogP contribution in [-0.2, 0) is 14.8 Å². The van der Waals surface area contributed by atoms with Gasteiger partial charge in [0.25, 0.3) is 0 Å². The SMILES string of the molecule is CCOCCC1(CNC(=NC)NCCCNS(=O)(=O)CC)CCCC1.I. The Bertz CT molecular complexity index is 494. The summed E-state index contributed by atoms with van der Waals surface area (Å²) in [4.78, 5) is 4.26. The van der Waals surface area contributed by atoms with E-state index in [0.29, 0.717) is 18.5 Å². The van der Waals surface area contributed by atoms with E-state index >= 15 is 0 Å². The molecule has 0 unspecified atom stereocenters. The topological polar surface area (TPSA) is 91.8 Å². The van der Waals surface area contributed by atoms with Gasteiger partial charge in [0.2, 0.25) is 10.0 Å². The van der Waals surface area contributed by atoms with Crippen molar-refractivity contribution in [2.45, 2.75) is 52.4 Å². The molecule has 0 saturated heterocycles. The third-order valence-electron chi connectivity index (χ3n) is 4.85. The number of halogens is 1. The third kappa shape index (κ3) is 10.3. The minimum atomic E-state index is -3.10. The maximum atomic E-state index is 11.4. The van der Waals surface area contributed by atoms with Crippen LogP contribution in [0, 0.1) is 5.41 Å². The molecule has 0 aromatic rings. The van der Waals surface area contributed by atoms with Crippen LogP contribution in [0.1, 0.15) is 52.4 Å². The second-order valence-electron chi connectivity index (χ2n) is 6.66. The second-order valence-corrected chi connectivity index (χ2v) is 8.75. The standard InChI is InChI=1S/C17H36N4O3S.HI/c1-4-24-14-11-17(9-6-7-10-17)15-20-16(18-3)19-12-8-13-21-25(22,23)5-2;/h21H,4-15H2,1-3H3,(H2,18,19,20);1H. The van der Waals surface area contributed by atoms with Crippen molar-refractivity contribution < 1.29 is 13.2 Å². The number of guanidine groups is 1. The fourth-order valence-corrected chi connectivity index (χ4v) is 3.85. The molecule has 0 aliphatic heterocycles. The fraction of sp³-hybridized carbons (Fsp3) is 0.941. The van der Waals surface area contributed by atoms with Gasteiger partial charge in [-0.1, -0.05) is 12.8 Å². The van der Waals surface area contributed by atoms with Gasteiger partial charge in [0, 0.05) is 39.9 Å². The number of rotatable bonds is 12. The Morgan fingerprint density at radius 3 is 2.42 bits per heavy atom. The van der Waals surface area contributed by atoms with Gasteiger partial charge in [-0.25, -0.2) is 13.1 Å². The predicted octanol–water partition coefficient (Wildman–Crippen LogP) is 2.09. The van der Waals surface area contributed by atoms with Crippen molar-refractivity contribution in [2.75, 3.05) is 45.6 Å². The number of ether oxygens (including phenoxy) is 1. The van der Waals surface area contributed by atoms with Gasteiger partial charge in [-0.05, 0) is 44.9 Å². The summed E-state index contributed by atoms with van der Waals surface area (Å²) in [6.45, 7) is 7.29. The highest BCUT2D eigenvalue weighted by Gasteiger charge is 2.33. The fourth-order valence-electron chi connectivity index (χ4n) is 3.19. The van der Waals surface area contributed by atoms with E-state index in [1.54, 1.807) is 14.0 Å². The average molecular weight is 504 g/mol. The van der Waals surface area contributed by atoms with Crippen LogP contribution >= 0.6 is 24.0 Å². The Kier molecular flexibility index (Phi) is 13.9. The zero-order valence-corrected chi connectivity index (χ0v) is 19.6. The number of aliphatic imine (C=N–C) groups is 1. The van der Waals surface area contributed by atoms with Gasteiger partial charge in [0.05, 0.1) is 5.75 Å². The van der Waals surface area contributed by atoms with Gasteiger partial charge < -0.3 is 15.4 Å². The molecule has 1 saturated carbocycles. The molecule has 26 heavy (non-hydrogen) atoms. The highest BCUT2D eigenvalue weighted by atomic mass is 127. The van der Waals surface area contributed by atoms with E-state index in [4.69, 9.17) is 4.74 Å². The molecular formula is C17H37IN4O3S. The van der Waals surface area contributed by atoms with Gasteiger partial charge in [-0.2, -0.15) is 0 Å². The number of nitrogens with zero attached hydrogens (tertiary/aromatic N) is 1. The van der Waals surface area contributed by atoms with Crippen LogP contribution in [-0.4, -0.2) is 60.0 Å². The molecule has 1 aliphatic rings. The minimum absolute atomic E-state index is 0. The molecule has 3 N–H and O–H groups in total. The molecular weight excluding hydrogens is 467 g/mol. The van der Waals surface area contributed by atoms with E-state index in [-0.39, 0.29) is 29.7 Å². The molecule has 0 radical (unpaired) electrons. The Morgan fingerprint density at radius 2 is 1.85 bits per heavy atom. The highest BCUT2D eigenvalue weighted by Crippen LogP contribution is 2.40. The number of sulfonamides is 1. The van der Waals surface area contributed by atoms with E-state index in [1.165, 1.54) is 25.7 Å². The van der Waals surface area contributed by atoms with Crippen LogP contribution in [0.2, 0.25) is 0 Å². The molecule has 9 heteroatoms. The summed E-state index contributed by atoms with van der Waals surface area (Å²) in [6, 6.07) is 0. The largest absolute Gasteiger partial charge is 0.382 e. The average Bonchev–Trinajstić information content (AvgIpc) is 3.06. The molecule has 0 atom stereocenters. The molecule has 0 amide bonds. The maximum absolute atomic E-state index is 11.4. The molecule has 1 aliphatic carbocycles. The Balaban J connectivity index is 0.00000625. The van der Waals surface area contributed by atoms with Crippen LogP contribution < -0.4 is 15.4 Å². The van der Waals surface area contributed by atoms with Crippen molar-refractivity contribution in [2.24, 2.45) is 10.4 Å². The summed E-state index contributed by atoms with van der Waals surface area (Å²) in [5, 5.41) is 6.70. The summed E-state index contributed by atoms with van der Waals surface area (Å²) in [6.07, 6.45) is 6.86. The summed E-state index contributed by atoms with van der Waals surface area (Å²) in [5.74, 6) is 0.897. The molecule has 0 spiro atoms. The summed E-state index contributed by atoms with van der Waals surface area (Å²) in [7, 11) is -1.34. The van der Waals surface area contributed by atoms with E-state index in [2.05, 4.69) is 20.3 Å². The van der Waals surface area contributed by atoms with Crippen molar-refractivity contribution in [3.8, 4) is 0 Å². The monoisotopic (exact) mass is 504 g/mol. The first kappa shape index (κ1) is 25.9. The smallest absolute Gasteiger partial charge is 0.211 e. The minimum Gasteiger partial charge on any atom is -0.382 e. The lowest BCUT2D eigenvalue weighted by Gasteiger charge is -2.30. The predicted molar refractivity (Wildman–Crippen MR) is 119 cm³/mol. The zero-order chi connectivity index (χ0) is 18.6. The van der Waals surface area contributed by atoms with Crippen molar-refractivity contribution in [3.63, 3.8) is 0 Å². The normalized spacial score (nSPS) is 17.0. The van der Waals surface area contributed by atoms with Gasteiger partial charge in [0.1, 0.15) is 0 Å². The number of hydrogen-bond acceptors (Lipinski definition) is 4. The van der Waals surface area contributed by atoms with E-state index in [0.717, 1.165) is 38.6 Å².